The summed E-state index contributed by atoms with van der Waals surface area (Å²) in [4.78, 5) is 11.7. The number of aromatic nitrogens is 2. The molecule has 0 saturated heterocycles. The first kappa shape index (κ1) is 9.98. The SMILES string of the molecule is Cc1cccc(CC(=O)c2cnsn2)c1. The minimum atomic E-state index is 0.0225. The van der Waals surface area contributed by atoms with Gasteiger partial charge in [-0.3, -0.25) is 4.79 Å². The molecule has 0 amide bonds. The highest BCUT2D eigenvalue weighted by Gasteiger charge is 2.09. The number of benzene rings is 1. The third kappa shape index (κ3) is 2.47. The molecule has 1 aromatic carbocycles. The highest BCUT2D eigenvalue weighted by molar-refractivity contribution is 6.99. The van der Waals surface area contributed by atoms with E-state index < -0.39 is 0 Å². The average molecular weight is 218 g/mol. The van der Waals surface area contributed by atoms with Gasteiger partial charge in [-0.1, -0.05) is 29.8 Å². The summed E-state index contributed by atoms with van der Waals surface area (Å²) in [5, 5.41) is 0. The molecule has 0 N–H and O–H groups in total. The lowest BCUT2D eigenvalue weighted by atomic mass is 10.1. The molecule has 1 aromatic heterocycles. The molecular weight excluding hydrogens is 208 g/mol. The van der Waals surface area contributed by atoms with Crippen LogP contribution in [0, 0.1) is 6.92 Å². The molecule has 1 heterocycles. The van der Waals surface area contributed by atoms with Gasteiger partial charge in [0.05, 0.1) is 17.9 Å². The lowest BCUT2D eigenvalue weighted by molar-refractivity contribution is 0.0989. The zero-order chi connectivity index (χ0) is 10.7. The number of rotatable bonds is 3. The molecule has 76 valence electrons. The van der Waals surface area contributed by atoms with Gasteiger partial charge >= 0.3 is 0 Å². The third-order valence-electron chi connectivity index (χ3n) is 2.09. The molecule has 0 aliphatic rings. The van der Waals surface area contributed by atoms with Crippen LogP contribution in [-0.4, -0.2) is 14.5 Å². The summed E-state index contributed by atoms with van der Waals surface area (Å²) in [7, 11) is 0. The van der Waals surface area contributed by atoms with E-state index in [2.05, 4.69) is 8.75 Å². The Bertz CT molecular complexity index is 465. The van der Waals surface area contributed by atoms with Gasteiger partial charge in [-0.15, -0.1) is 0 Å². The Morgan fingerprint density at radius 2 is 2.33 bits per heavy atom. The number of aryl methyl sites for hydroxylation is 1. The Morgan fingerprint density at radius 3 is 3.00 bits per heavy atom. The lowest BCUT2D eigenvalue weighted by Gasteiger charge is -1.99. The van der Waals surface area contributed by atoms with E-state index in [1.165, 1.54) is 6.20 Å². The van der Waals surface area contributed by atoms with Gasteiger partial charge in [0.2, 0.25) is 0 Å². The highest BCUT2D eigenvalue weighted by Crippen LogP contribution is 2.08. The van der Waals surface area contributed by atoms with Crippen molar-refractivity contribution in [3.63, 3.8) is 0 Å². The second-order valence-electron chi connectivity index (χ2n) is 3.38. The molecule has 0 radical (unpaired) electrons. The first-order valence-corrected chi connectivity index (χ1v) is 5.35. The maximum absolute atomic E-state index is 11.7. The molecule has 0 spiro atoms. The molecule has 0 unspecified atom stereocenters. The largest absolute Gasteiger partial charge is 0.292 e. The van der Waals surface area contributed by atoms with Gasteiger partial charge in [-0.2, -0.15) is 8.75 Å². The van der Waals surface area contributed by atoms with E-state index in [0.717, 1.165) is 22.9 Å². The van der Waals surface area contributed by atoms with Crippen LogP contribution in [0.25, 0.3) is 0 Å². The second-order valence-corrected chi connectivity index (χ2v) is 3.94. The fourth-order valence-corrected chi connectivity index (χ4v) is 1.82. The predicted molar refractivity (Wildman–Crippen MR) is 59.1 cm³/mol. The van der Waals surface area contributed by atoms with E-state index in [4.69, 9.17) is 0 Å². The summed E-state index contributed by atoms with van der Waals surface area (Å²) in [5.74, 6) is 0.0225. The average Bonchev–Trinajstić information content (AvgIpc) is 2.70. The lowest BCUT2D eigenvalue weighted by Crippen LogP contribution is -2.03. The molecule has 15 heavy (non-hydrogen) atoms. The summed E-state index contributed by atoms with van der Waals surface area (Å²) in [6, 6.07) is 7.93. The number of carbonyl (C=O) groups is 1. The predicted octanol–water partition coefficient (Wildman–Crippen LogP) is 2.27. The Hall–Kier alpha value is -1.55. The smallest absolute Gasteiger partial charge is 0.188 e. The summed E-state index contributed by atoms with van der Waals surface area (Å²) in [6.07, 6.45) is 1.91. The van der Waals surface area contributed by atoms with Crippen LogP contribution < -0.4 is 0 Å². The van der Waals surface area contributed by atoms with Gasteiger partial charge in [-0.05, 0) is 12.5 Å². The van der Waals surface area contributed by atoms with Crippen LogP contribution >= 0.6 is 11.7 Å². The molecule has 0 saturated carbocycles. The highest BCUT2D eigenvalue weighted by atomic mass is 32.1. The molecule has 2 aromatic rings. The second kappa shape index (κ2) is 4.31. The number of carbonyl (C=O) groups excluding carboxylic acids is 1. The number of hydrogen-bond acceptors (Lipinski definition) is 4. The van der Waals surface area contributed by atoms with Crippen LogP contribution in [0.2, 0.25) is 0 Å². The number of ketones is 1. The zero-order valence-corrected chi connectivity index (χ0v) is 9.12. The van der Waals surface area contributed by atoms with Crippen molar-refractivity contribution in [3.8, 4) is 0 Å². The fourth-order valence-electron chi connectivity index (χ4n) is 1.39. The molecule has 0 aliphatic carbocycles. The molecular formula is C11H10N2OS. The molecule has 0 aliphatic heterocycles. The molecule has 3 nitrogen and oxygen atoms in total. The molecule has 0 atom stereocenters. The maximum atomic E-state index is 11.7. The van der Waals surface area contributed by atoms with Crippen LogP contribution in [0.4, 0.5) is 0 Å². The van der Waals surface area contributed by atoms with E-state index in [1.54, 1.807) is 0 Å². The number of Topliss-reactive ketones (excluding diaryl/α,β-unsaturated/α-hetero) is 1. The van der Waals surface area contributed by atoms with Gasteiger partial charge in [0, 0.05) is 6.42 Å². The Balaban J connectivity index is 2.13. The zero-order valence-electron chi connectivity index (χ0n) is 8.30. The van der Waals surface area contributed by atoms with Crippen molar-refractivity contribution >= 4 is 17.5 Å². The number of nitrogens with zero attached hydrogens (tertiary/aromatic N) is 2. The van der Waals surface area contributed by atoms with Crippen LogP contribution in [-0.2, 0) is 6.42 Å². The van der Waals surface area contributed by atoms with Crippen molar-refractivity contribution in [2.75, 3.05) is 0 Å². The van der Waals surface area contributed by atoms with E-state index in [0.29, 0.717) is 12.1 Å². The van der Waals surface area contributed by atoms with Crippen molar-refractivity contribution in [1.82, 2.24) is 8.75 Å². The van der Waals surface area contributed by atoms with Crippen molar-refractivity contribution in [2.24, 2.45) is 0 Å². The quantitative estimate of drug-likeness (QED) is 0.742. The van der Waals surface area contributed by atoms with Gasteiger partial charge in [0.25, 0.3) is 0 Å². The molecule has 0 fully saturated rings. The van der Waals surface area contributed by atoms with Crippen LogP contribution in [0.5, 0.6) is 0 Å². The van der Waals surface area contributed by atoms with Gasteiger partial charge in [0.1, 0.15) is 5.69 Å². The summed E-state index contributed by atoms with van der Waals surface area (Å²) < 4.78 is 7.73. The summed E-state index contributed by atoms with van der Waals surface area (Å²) in [5.41, 5.74) is 2.64. The van der Waals surface area contributed by atoms with Gasteiger partial charge < -0.3 is 0 Å². The minimum Gasteiger partial charge on any atom is -0.292 e. The van der Waals surface area contributed by atoms with E-state index in [-0.39, 0.29) is 5.78 Å². The minimum absolute atomic E-state index is 0.0225. The molecule has 4 heteroatoms. The van der Waals surface area contributed by atoms with Gasteiger partial charge in [-0.25, -0.2) is 0 Å². The Morgan fingerprint density at radius 1 is 1.47 bits per heavy atom. The normalized spacial score (nSPS) is 10.2. The first-order valence-electron chi connectivity index (χ1n) is 4.62. The summed E-state index contributed by atoms with van der Waals surface area (Å²) >= 11 is 1.06. The Kier molecular flexibility index (Phi) is 2.87. The maximum Gasteiger partial charge on any atom is 0.188 e. The topological polar surface area (TPSA) is 42.9 Å². The van der Waals surface area contributed by atoms with Crippen LogP contribution in [0.1, 0.15) is 21.6 Å². The van der Waals surface area contributed by atoms with Crippen molar-refractivity contribution in [1.29, 1.82) is 0 Å². The fraction of sp³-hybridized carbons (Fsp3) is 0.182. The first-order chi connectivity index (χ1) is 7.25. The number of hydrogen-bond donors (Lipinski definition) is 0. The third-order valence-corrected chi connectivity index (χ3v) is 2.57. The van der Waals surface area contributed by atoms with Gasteiger partial charge in [0.15, 0.2) is 5.78 Å². The Labute approximate surface area is 92.1 Å². The molecule has 0 bridgehead atoms. The monoisotopic (exact) mass is 218 g/mol. The van der Waals surface area contributed by atoms with E-state index >= 15 is 0 Å². The van der Waals surface area contributed by atoms with Crippen molar-refractivity contribution in [3.05, 3.63) is 47.3 Å². The van der Waals surface area contributed by atoms with E-state index in [9.17, 15) is 4.79 Å². The summed E-state index contributed by atoms with van der Waals surface area (Å²) in [6.45, 7) is 2.01. The van der Waals surface area contributed by atoms with Crippen LogP contribution in [0.15, 0.2) is 30.5 Å². The molecule has 2 rings (SSSR count). The van der Waals surface area contributed by atoms with Crippen LogP contribution in [0.3, 0.4) is 0 Å². The van der Waals surface area contributed by atoms with Crippen molar-refractivity contribution in [2.45, 2.75) is 13.3 Å². The van der Waals surface area contributed by atoms with E-state index in [1.807, 2.05) is 31.2 Å². The van der Waals surface area contributed by atoms with Crippen molar-refractivity contribution < 1.29 is 4.79 Å². The standard InChI is InChI=1S/C11H10N2OS/c1-8-3-2-4-9(5-8)6-11(14)10-7-12-15-13-10/h2-5,7H,6H2,1H3.